The number of para-hydroxylation sites is 3. The lowest BCUT2D eigenvalue weighted by Gasteiger charge is -2.14. The molecule has 47 heavy (non-hydrogen) atoms. The number of benzene rings is 8. The standard InChI is InChI=1S/C44H26N2O/c1-2-14-29(15-3-1)45-37-23-22-27-12-4-6-16-30(27)42(37)35-26-38-34(25-39(35)45)32-18-8-10-20-36(32)46(38)44-31-17-7-5-13-28(31)24-41-43(44)33-19-9-11-21-40(33)47-41/h1-26H. The van der Waals surface area contributed by atoms with Crippen LogP contribution in [0.1, 0.15) is 0 Å². The largest absolute Gasteiger partial charge is 0.456 e. The highest BCUT2D eigenvalue weighted by Gasteiger charge is 2.23. The van der Waals surface area contributed by atoms with E-state index in [1.54, 1.807) is 0 Å². The molecule has 0 aliphatic carbocycles. The summed E-state index contributed by atoms with van der Waals surface area (Å²) in [6, 6.07) is 57.0. The first-order valence-corrected chi connectivity index (χ1v) is 16.1. The third-order valence-corrected chi connectivity index (χ3v) is 10.0. The van der Waals surface area contributed by atoms with Crippen LogP contribution in [-0.2, 0) is 0 Å². The maximum absolute atomic E-state index is 6.54. The van der Waals surface area contributed by atoms with Gasteiger partial charge in [-0.3, -0.25) is 0 Å². The molecular weight excluding hydrogens is 572 g/mol. The molecule has 0 bridgehead atoms. The summed E-state index contributed by atoms with van der Waals surface area (Å²) < 4.78 is 11.5. The zero-order valence-electron chi connectivity index (χ0n) is 25.3. The number of hydrogen-bond donors (Lipinski definition) is 0. The Kier molecular flexibility index (Phi) is 4.84. The van der Waals surface area contributed by atoms with Gasteiger partial charge in [0.05, 0.1) is 33.1 Å². The zero-order chi connectivity index (χ0) is 30.6. The molecule has 218 valence electrons. The number of nitrogens with zero attached hydrogens (tertiary/aromatic N) is 2. The van der Waals surface area contributed by atoms with Gasteiger partial charge in [0.2, 0.25) is 0 Å². The van der Waals surface area contributed by atoms with Crippen LogP contribution >= 0.6 is 0 Å². The molecule has 0 amide bonds. The molecule has 3 nitrogen and oxygen atoms in total. The van der Waals surface area contributed by atoms with Crippen LogP contribution in [0.25, 0.3) is 98.5 Å². The average molecular weight is 599 g/mol. The molecule has 3 aromatic heterocycles. The predicted molar refractivity (Wildman–Crippen MR) is 197 cm³/mol. The first kappa shape index (κ1) is 24.9. The fourth-order valence-corrected chi connectivity index (χ4v) is 8.10. The molecule has 3 heteroatoms. The number of furan rings is 1. The normalized spacial score (nSPS) is 12.3. The minimum Gasteiger partial charge on any atom is -0.456 e. The molecule has 8 aromatic carbocycles. The van der Waals surface area contributed by atoms with E-state index >= 15 is 0 Å². The summed E-state index contributed by atoms with van der Waals surface area (Å²) in [5, 5.41) is 12.1. The SMILES string of the molecule is c1ccc(-n2c3cc4c5ccccc5n(-c5c6ccccc6cc6oc7ccccc7c56)c4cc3c3c4ccccc4ccc32)cc1. The van der Waals surface area contributed by atoms with E-state index in [1.165, 1.54) is 59.8 Å². The van der Waals surface area contributed by atoms with Crippen LogP contribution in [0.15, 0.2) is 162 Å². The van der Waals surface area contributed by atoms with Crippen LogP contribution in [0.2, 0.25) is 0 Å². The van der Waals surface area contributed by atoms with Crippen molar-refractivity contribution in [2.45, 2.75) is 0 Å². The highest BCUT2D eigenvalue weighted by atomic mass is 16.3. The Labute approximate surface area is 269 Å². The Morgan fingerprint density at radius 3 is 1.87 bits per heavy atom. The van der Waals surface area contributed by atoms with Gasteiger partial charge in [0, 0.05) is 38.0 Å². The molecule has 0 saturated heterocycles. The number of aromatic nitrogens is 2. The van der Waals surface area contributed by atoms with Crippen LogP contribution in [-0.4, -0.2) is 9.13 Å². The van der Waals surface area contributed by atoms with E-state index < -0.39 is 0 Å². The predicted octanol–water partition coefficient (Wildman–Crippen LogP) is 12.1. The van der Waals surface area contributed by atoms with Crippen molar-refractivity contribution in [2.75, 3.05) is 0 Å². The molecule has 0 aliphatic rings. The van der Waals surface area contributed by atoms with Crippen LogP contribution in [0.3, 0.4) is 0 Å². The Morgan fingerprint density at radius 1 is 0.340 bits per heavy atom. The summed E-state index contributed by atoms with van der Waals surface area (Å²) in [7, 11) is 0. The van der Waals surface area contributed by atoms with Gasteiger partial charge in [-0.15, -0.1) is 0 Å². The highest BCUT2D eigenvalue weighted by Crippen LogP contribution is 2.45. The van der Waals surface area contributed by atoms with E-state index in [9.17, 15) is 0 Å². The summed E-state index contributed by atoms with van der Waals surface area (Å²) in [4.78, 5) is 0. The minimum absolute atomic E-state index is 0.901. The molecule has 0 saturated carbocycles. The van der Waals surface area contributed by atoms with Gasteiger partial charge in [-0.05, 0) is 64.7 Å². The summed E-state index contributed by atoms with van der Waals surface area (Å²) in [5.74, 6) is 0. The van der Waals surface area contributed by atoms with Crippen LogP contribution in [0.5, 0.6) is 0 Å². The van der Waals surface area contributed by atoms with Crippen molar-refractivity contribution in [1.29, 1.82) is 0 Å². The molecule has 0 aliphatic heterocycles. The maximum atomic E-state index is 6.54. The van der Waals surface area contributed by atoms with Gasteiger partial charge in [0.15, 0.2) is 0 Å². The second-order valence-corrected chi connectivity index (χ2v) is 12.5. The van der Waals surface area contributed by atoms with E-state index in [1.807, 2.05) is 6.07 Å². The fraction of sp³-hybridized carbons (Fsp3) is 0. The van der Waals surface area contributed by atoms with Gasteiger partial charge in [-0.2, -0.15) is 0 Å². The smallest absolute Gasteiger partial charge is 0.138 e. The third-order valence-electron chi connectivity index (χ3n) is 10.0. The fourth-order valence-electron chi connectivity index (χ4n) is 8.10. The Morgan fingerprint density at radius 2 is 1.00 bits per heavy atom. The molecule has 3 heterocycles. The van der Waals surface area contributed by atoms with Crippen molar-refractivity contribution in [3.63, 3.8) is 0 Å². The zero-order valence-corrected chi connectivity index (χ0v) is 25.3. The molecule has 11 aromatic rings. The van der Waals surface area contributed by atoms with Gasteiger partial charge >= 0.3 is 0 Å². The van der Waals surface area contributed by atoms with Gasteiger partial charge in [0.1, 0.15) is 11.2 Å². The first-order chi connectivity index (χ1) is 23.3. The molecule has 0 spiro atoms. The number of hydrogen-bond acceptors (Lipinski definition) is 1. The van der Waals surface area contributed by atoms with Crippen molar-refractivity contribution in [2.24, 2.45) is 0 Å². The van der Waals surface area contributed by atoms with Crippen LogP contribution < -0.4 is 0 Å². The van der Waals surface area contributed by atoms with E-state index in [0.717, 1.165) is 38.7 Å². The molecule has 0 N–H and O–H groups in total. The van der Waals surface area contributed by atoms with Crippen molar-refractivity contribution < 1.29 is 4.42 Å². The quantitative estimate of drug-likeness (QED) is 0.194. The van der Waals surface area contributed by atoms with E-state index in [0.29, 0.717) is 0 Å². The summed E-state index contributed by atoms with van der Waals surface area (Å²) in [6.45, 7) is 0. The lowest BCUT2D eigenvalue weighted by molar-refractivity contribution is 0.669. The molecule has 11 rings (SSSR count). The minimum atomic E-state index is 0.901. The average Bonchev–Trinajstić information content (AvgIpc) is 3.77. The van der Waals surface area contributed by atoms with Crippen LogP contribution in [0, 0.1) is 0 Å². The highest BCUT2D eigenvalue weighted by molar-refractivity contribution is 6.26. The lowest BCUT2D eigenvalue weighted by atomic mass is 10.0. The van der Waals surface area contributed by atoms with E-state index in [4.69, 9.17) is 4.42 Å². The molecule has 0 unspecified atom stereocenters. The van der Waals surface area contributed by atoms with Crippen molar-refractivity contribution in [1.82, 2.24) is 9.13 Å². The van der Waals surface area contributed by atoms with Crippen molar-refractivity contribution in [3.05, 3.63) is 158 Å². The number of rotatable bonds is 2. The Hall–Kier alpha value is -6.32. The summed E-state index contributed by atoms with van der Waals surface area (Å²) in [6.07, 6.45) is 0. The monoisotopic (exact) mass is 598 g/mol. The van der Waals surface area contributed by atoms with Gasteiger partial charge in [-0.1, -0.05) is 109 Å². The van der Waals surface area contributed by atoms with Crippen LogP contribution in [0.4, 0.5) is 0 Å². The van der Waals surface area contributed by atoms with Gasteiger partial charge < -0.3 is 13.6 Å². The van der Waals surface area contributed by atoms with Gasteiger partial charge in [-0.25, -0.2) is 0 Å². The third kappa shape index (κ3) is 3.30. The summed E-state index contributed by atoms with van der Waals surface area (Å²) >= 11 is 0. The summed E-state index contributed by atoms with van der Waals surface area (Å²) in [5.41, 5.74) is 8.90. The van der Waals surface area contributed by atoms with E-state index in [2.05, 4.69) is 161 Å². The Balaban J connectivity index is 1.40. The molecular formula is C44H26N2O. The second-order valence-electron chi connectivity index (χ2n) is 12.5. The molecule has 0 fully saturated rings. The number of fused-ring (bicyclic) bond motifs is 12. The molecule has 0 atom stereocenters. The Bertz CT molecular complexity index is 3070. The van der Waals surface area contributed by atoms with Crippen molar-refractivity contribution in [3.8, 4) is 11.4 Å². The topological polar surface area (TPSA) is 23.0 Å². The van der Waals surface area contributed by atoms with E-state index in [-0.39, 0.29) is 0 Å². The lowest BCUT2D eigenvalue weighted by Crippen LogP contribution is -1.97. The second kappa shape index (κ2) is 9.12. The first-order valence-electron chi connectivity index (χ1n) is 16.1. The molecule has 0 radical (unpaired) electrons. The van der Waals surface area contributed by atoms with Gasteiger partial charge in [0.25, 0.3) is 0 Å². The van der Waals surface area contributed by atoms with Crippen molar-refractivity contribution >= 4 is 87.1 Å². The maximum Gasteiger partial charge on any atom is 0.138 e.